The van der Waals surface area contributed by atoms with Crippen molar-refractivity contribution >= 4 is 34.7 Å². The maximum absolute atomic E-state index is 12.3. The summed E-state index contributed by atoms with van der Waals surface area (Å²) in [6.07, 6.45) is -0.140. The van der Waals surface area contributed by atoms with Gasteiger partial charge in [0.1, 0.15) is 5.01 Å². The molecule has 0 saturated heterocycles. The van der Waals surface area contributed by atoms with Crippen molar-refractivity contribution in [3.8, 4) is 17.6 Å². The van der Waals surface area contributed by atoms with Crippen LogP contribution in [0.2, 0.25) is 5.02 Å². The zero-order valence-electron chi connectivity index (χ0n) is 15.8. The molecule has 9 heteroatoms. The normalized spacial score (nSPS) is 11.6. The average molecular weight is 423 g/mol. The van der Waals surface area contributed by atoms with Crippen LogP contribution in [-0.4, -0.2) is 36.6 Å². The first-order chi connectivity index (χ1) is 13.3. The van der Waals surface area contributed by atoms with Gasteiger partial charge in [0.15, 0.2) is 29.8 Å². The molecule has 0 spiro atoms. The van der Waals surface area contributed by atoms with Gasteiger partial charge in [0, 0.05) is 11.1 Å². The Kier molecular flexibility index (Phi) is 7.38. The second-order valence-corrected chi connectivity index (χ2v) is 7.38. The molecule has 0 aliphatic heterocycles. The van der Waals surface area contributed by atoms with Gasteiger partial charge >= 0.3 is 5.97 Å². The van der Waals surface area contributed by atoms with Crippen LogP contribution in [0.3, 0.4) is 0 Å². The predicted octanol–water partition coefficient (Wildman–Crippen LogP) is 3.93. The Bertz CT molecular complexity index is 920. The molecule has 0 aliphatic carbocycles. The zero-order valence-corrected chi connectivity index (χ0v) is 17.4. The van der Waals surface area contributed by atoms with Crippen LogP contribution in [0, 0.1) is 18.3 Å². The molecule has 0 bridgehead atoms. The van der Waals surface area contributed by atoms with Crippen LogP contribution in [0.15, 0.2) is 17.5 Å². The van der Waals surface area contributed by atoms with E-state index in [1.165, 1.54) is 30.6 Å². The van der Waals surface area contributed by atoms with E-state index in [9.17, 15) is 14.9 Å². The SMILES string of the molecule is COc1cc(C(=O)OCC(=O)[C@H](C#N)c2nc(C)cs2)cc(Cl)c1OC(C)C. The van der Waals surface area contributed by atoms with E-state index in [2.05, 4.69) is 4.98 Å². The number of hydrogen-bond donors (Lipinski definition) is 0. The number of aromatic nitrogens is 1. The molecule has 0 fully saturated rings. The van der Waals surface area contributed by atoms with E-state index < -0.39 is 24.3 Å². The van der Waals surface area contributed by atoms with Gasteiger partial charge in [0.05, 0.1) is 29.9 Å². The molecule has 1 aromatic heterocycles. The fraction of sp³-hybridized carbons (Fsp3) is 0.368. The van der Waals surface area contributed by atoms with E-state index in [0.717, 1.165) is 5.69 Å². The Morgan fingerprint density at radius 3 is 2.61 bits per heavy atom. The van der Waals surface area contributed by atoms with Gasteiger partial charge in [-0.15, -0.1) is 11.3 Å². The first kappa shape index (κ1) is 21.7. The standard InChI is InChI=1S/C19H19ClN2O5S/c1-10(2)27-17-14(20)5-12(6-16(17)25-4)19(24)26-8-15(23)13(7-21)18-22-11(3)9-28-18/h5-6,9-10,13H,8H2,1-4H3/t13-/m0/s1. The van der Waals surface area contributed by atoms with Crippen molar-refractivity contribution in [1.82, 2.24) is 4.98 Å². The van der Waals surface area contributed by atoms with Gasteiger partial charge in [0.2, 0.25) is 0 Å². The van der Waals surface area contributed by atoms with E-state index in [4.69, 9.17) is 25.8 Å². The second kappa shape index (κ2) is 9.53. The summed E-state index contributed by atoms with van der Waals surface area (Å²) >= 11 is 7.40. The van der Waals surface area contributed by atoms with E-state index in [0.29, 0.717) is 10.8 Å². The summed E-state index contributed by atoms with van der Waals surface area (Å²) in [5.74, 6) is -1.81. The lowest BCUT2D eigenvalue weighted by molar-refractivity contribution is -0.122. The molecule has 0 unspecified atom stereocenters. The Balaban J connectivity index is 2.11. The van der Waals surface area contributed by atoms with Gasteiger partial charge in [-0.2, -0.15) is 5.26 Å². The molecule has 7 nitrogen and oxygen atoms in total. The third-order valence-electron chi connectivity index (χ3n) is 3.50. The number of ether oxygens (including phenoxy) is 3. The quantitative estimate of drug-likeness (QED) is 0.594. The summed E-state index contributed by atoms with van der Waals surface area (Å²) in [4.78, 5) is 28.8. The minimum atomic E-state index is -1.08. The van der Waals surface area contributed by atoms with Crippen LogP contribution in [0.25, 0.3) is 0 Å². The van der Waals surface area contributed by atoms with Crippen molar-refractivity contribution in [2.24, 2.45) is 0 Å². The number of aryl methyl sites for hydroxylation is 1. The summed E-state index contributed by atoms with van der Waals surface area (Å²) < 4.78 is 15.9. The number of hydrogen-bond acceptors (Lipinski definition) is 8. The average Bonchev–Trinajstić information content (AvgIpc) is 3.07. The fourth-order valence-corrected chi connectivity index (χ4v) is 3.38. The number of nitrogens with zero attached hydrogens (tertiary/aromatic N) is 2. The first-order valence-electron chi connectivity index (χ1n) is 8.32. The van der Waals surface area contributed by atoms with E-state index in [1.54, 1.807) is 12.3 Å². The third kappa shape index (κ3) is 5.21. The number of ketones is 1. The minimum absolute atomic E-state index is 0.101. The van der Waals surface area contributed by atoms with Crippen LogP contribution < -0.4 is 9.47 Å². The highest BCUT2D eigenvalue weighted by atomic mass is 35.5. The van der Waals surface area contributed by atoms with Crippen molar-refractivity contribution in [1.29, 1.82) is 5.26 Å². The van der Waals surface area contributed by atoms with E-state index in [-0.39, 0.29) is 22.4 Å². The van der Waals surface area contributed by atoms with E-state index in [1.807, 2.05) is 19.9 Å². The van der Waals surface area contributed by atoms with Gasteiger partial charge in [-0.3, -0.25) is 4.79 Å². The van der Waals surface area contributed by atoms with Crippen LogP contribution >= 0.6 is 22.9 Å². The van der Waals surface area contributed by atoms with Gasteiger partial charge in [0.25, 0.3) is 0 Å². The molecule has 1 aromatic carbocycles. The molecule has 0 N–H and O–H groups in total. The molecule has 1 atom stereocenters. The fourth-order valence-electron chi connectivity index (χ4n) is 2.26. The largest absolute Gasteiger partial charge is 0.493 e. The number of carbonyl (C=O) groups excluding carboxylic acids is 2. The van der Waals surface area contributed by atoms with Crippen molar-refractivity contribution in [2.45, 2.75) is 32.8 Å². The van der Waals surface area contributed by atoms with Gasteiger partial charge in [-0.05, 0) is 32.9 Å². The minimum Gasteiger partial charge on any atom is -0.493 e. The number of thiazole rings is 1. The van der Waals surface area contributed by atoms with Crippen LogP contribution in [0.5, 0.6) is 11.5 Å². The van der Waals surface area contributed by atoms with Crippen molar-refractivity contribution in [2.75, 3.05) is 13.7 Å². The van der Waals surface area contributed by atoms with Crippen LogP contribution in [-0.2, 0) is 9.53 Å². The number of nitriles is 1. The van der Waals surface area contributed by atoms with Crippen molar-refractivity contribution in [3.63, 3.8) is 0 Å². The van der Waals surface area contributed by atoms with Crippen molar-refractivity contribution < 1.29 is 23.8 Å². The molecule has 0 saturated carbocycles. The summed E-state index contributed by atoms with van der Waals surface area (Å²) in [6, 6.07) is 4.69. The molecule has 148 valence electrons. The van der Waals surface area contributed by atoms with Crippen molar-refractivity contribution in [3.05, 3.63) is 38.8 Å². The Morgan fingerprint density at radius 1 is 1.36 bits per heavy atom. The number of carbonyl (C=O) groups is 2. The van der Waals surface area contributed by atoms with Gasteiger partial charge < -0.3 is 14.2 Å². The maximum Gasteiger partial charge on any atom is 0.338 e. The Hall–Kier alpha value is -2.63. The number of Topliss-reactive ketones (excluding diaryl/α,β-unsaturated/α-hetero) is 1. The number of benzene rings is 1. The molecular weight excluding hydrogens is 404 g/mol. The summed E-state index contributed by atoms with van der Waals surface area (Å²) in [7, 11) is 1.42. The Morgan fingerprint density at radius 2 is 2.07 bits per heavy atom. The lowest BCUT2D eigenvalue weighted by Gasteiger charge is -2.16. The highest BCUT2D eigenvalue weighted by molar-refractivity contribution is 7.09. The lowest BCUT2D eigenvalue weighted by Crippen LogP contribution is -2.20. The zero-order chi connectivity index (χ0) is 20.8. The molecular formula is C19H19ClN2O5S. The smallest absolute Gasteiger partial charge is 0.338 e. The molecule has 2 aromatic rings. The van der Waals surface area contributed by atoms with Crippen LogP contribution in [0.4, 0.5) is 0 Å². The maximum atomic E-state index is 12.3. The molecule has 0 radical (unpaired) electrons. The molecule has 28 heavy (non-hydrogen) atoms. The highest BCUT2D eigenvalue weighted by Crippen LogP contribution is 2.37. The topological polar surface area (TPSA) is 98.5 Å². The third-order valence-corrected chi connectivity index (χ3v) is 4.81. The Labute approximate surface area is 171 Å². The highest BCUT2D eigenvalue weighted by Gasteiger charge is 2.25. The molecule has 1 heterocycles. The van der Waals surface area contributed by atoms with E-state index >= 15 is 0 Å². The van der Waals surface area contributed by atoms with Gasteiger partial charge in [-0.25, -0.2) is 9.78 Å². The summed E-state index contributed by atoms with van der Waals surface area (Å²) in [6.45, 7) is 4.88. The number of rotatable bonds is 8. The number of halogens is 1. The summed E-state index contributed by atoms with van der Waals surface area (Å²) in [5.41, 5.74) is 0.819. The predicted molar refractivity (Wildman–Crippen MR) is 104 cm³/mol. The first-order valence-corrected chi connectivity index (χ1v) is 9.58. The number of methoxy groups -OCH3 is 1. The summed E-state index contributed by atoms with van der Waals surface area (Å²) in [5, 5.41) is 11.6. The second-order valence-electron chi connectivity index (χ2n) is 6.09. The monoisotopic (exact) mass is 422 g/mol. The molecule has 2 rings (SSSR count). The molecule has 0 aliphatic rings. The lowest BCUT2D eigenvalue weighted by atomic mass is 10.1. The van der Waals surface area contributed by atoms with Crippen LogP contribution in [0.1, 0.15) is 40.8 Å². The van der Waals surface area contributed by atoms with Gasteiger partial charge in [-0.1, -0.05) is 11.6 Å². The number of esters is 1. The molecule has 0 amide bonds.